The number of hydrogen-bond donors (Lipinski definition) is 1. The smallest absolute Gasteiger partial charge is 0.0533 e. The zero-order chi connectivity index (χ0) is 6.15. The van der Waals surface area contributed by atoms with E-state index >= 15 is 0 Å². The molecule has 0 amide bonds. The molecule has 8 heavy (non-hydrogen) atoms. The fourth-order valence-electron chi connectivity index (χ4n) is 1.23. The maximum absolute atomic E-state index is 8.64. The fourth-order valence-corrected chi connectivity index (χ4v) is 1.23. The highest BCUT2D eigenvalue weighted by Crippen LogP contribution is 2.40. The molecule has 0 spiro atoms. The predicted octanol–water partition coefficient (Wildman–Crippen LogP) is 1.33. The van der Waals surface area contributed by atoms with Gasteiger partial charge in [0.25, 0.3) is 0 Å². The zero-order valence-corrected chi connectivity index (χ0v) is 5.44. The van der Waals surface area contributed by atoms with Gasteiger partial charge in [0, 0.05) is 5.92 Å². The second kappa shape index (κ2) is 1.90. The van der Waals surface area contributed by atoms with Crippen LogP contribution in [0.2, 0.25) is 0 Å². The van der Waals surface area contributed by atoms with Crippen molar-refractivity contribution >= 4 is 0 Å². The van der Waals surface area contributed by atoms with E-state index < -0.39 is 0 Å². The average molecular weight is 112 g/mol. The standard InChI is InChI=1S/C7H12O/c1-3-6-5(2)7(6)4-8/h7-8H,3-4H2,1-2H3/t7-/m0/s1. The maximum atomic E-state index is 8.64. The Morgan fingerprint density at radius 2 is 2.25 bits per heavy atom. The Kier molecular flexibility index (Phi) is 1.39. The van der Waals surface area contributed by atoms with E-state index in [0.717, 1.165) is 6.42 Å². The molecule has 0 aromatic heterocycles. The fraction of sp³-hybridized carbons (Fsp3) is 0.714. The molecule has 0 radical (unpaired) electrons. The van der Waals surface area contributed by atoms with Crippen molar-refractivity contribution in [1.29, 1.82) is 0 Å². The first-order valence-corrected chi connectivity index (χ1v) is 3.11. The molecule has 0 fully saturated rings. The highest BCUT2D eigenvalue weighted by molar-refractivity contribution is 5.38. The lowest BCUT2D eigenvalue weighted by Gasteiger charge is -1.87. The quantitative estimate of drug-likeness (QED) is 0.534. The van der Waals surface area contributed by atoms with Crippen molar-refractivity contribution in [3.63, 3.8) is 0 Å². The molecule has 0 aromatic rings. The van der Waals surface area contributed by atoms with Crippen molar-refractivity contribution in [3.8, 4) is 0 Å². The van der Waals surface area contributed by atoms with Crippen LogP contribution in [0.15, 0.2) is 11.1 Å². The molecule has 0 saturated heterocycles. The Balaban J connectivity index is 2.36. The van der Waals surface area contributed by atoms with Gasteiger partial charge in [0.05, 0.1) is 6.61 Å². The molecular weight excluding hydrogens is 100 g/mol. The summed E-state index contributed by atoms with van der Waals surface area (Å²) in [6.07, 6.45) is 1.12. The Morgan fingerprint density at radius 1 is 1.62 bits per heavy atom. The Labute approximate surface area is 50.0 Å². The molecule has 1 nitrogen and oxygen atoms in total. The van der Waals surface area contributed by atoms with E-state index in [1.807, 2.05) is 0 Å². The first-order valence-electron chi connectivity index (χ1n) is 3.11. The lowest BCUT2D eigenvalue weighted by Crippen LogP contribution is -1.88. The maximum Gasteiger partial charge on any atom is 0.0533 e. The van der Waals surface area contributed by atoms with Gasteiger partial charge in [-0.2, -0.15) is 0 Å². The second-order valence-electron chi connectivity index (χ2n) is 2.30. The molecule has 0 aromatic carbocycles. The Hall–Kier alpha value is -0.300. The van der Waals surface area contributed by atoms with Gasteiger partial charge < -0.3 is 5.11 Å². The van der Waals surface area contributed by atoms with Gasteiger partial charge in [-0.15, -0.1) is 0 Å². The van der Waals surface area contributed by atoms with Crippen LogP contribution in [0.25, 0.3) is 0 Å². The summed E-state index contributed by atoms with van der Waals surface area (Å²) in [6.45, 7) is 4.56. The van der Waals surface area contributed by atoms with Crippen LogP contribution in [0.5, 0.6) is 0 Å². The third-order valence-electron chi connectivity index (χ3n) is 1.93. The van der Waals surface area contributed by atoms with E-state index in [4.69, 9.17) is 5.11 Å². The number of hydrogen-bond acceptors (Lipinski definition) is 1. The molecule has 1 aliphatic rings. The van der Waals surface area contributed by atoms with Gasteiger partial charge in [0.15, 0.2) is 0 Å². The van der Waals surface area contributed by atoms with E-state index in [9.17, 15) is 0 Å². The van der Waals surface area contributed by atoms with Gasteiger partial charge in [-0.25, -0.2) is 0 Å². The highest BCUT2D eigenvalue weighted by atomic mass is 16.3. The largest absolute Gasteiger partial charge is 0.395 e. The first-order chi connectivity index (χ1) is 3.81. The van der Waals surface area contributed by atoms with Crippen molar-refractivity contribution in [3.05, 3.63) is 11.1 Å². The molecule has 1 heteroatoms. The minimum absolute atomic E-state index is 0.328. The lowest BCUT2D eigenvalue weighted by atomic mass is 10.2. The molecule has 0 aliphatic heterocycles. The molecule has 1 rings (SSSR count). The summed E-state index contributed by atoms with van der Waals surface area (Å²) in [7, 11) is 0. The monoisotopic (exact) mass is 112 g/mol. The summed E-state index contributed by atoms with van der Waals surface area (Å²) in [5, 5.41) is 8.64. The number of rotatable bonds is 2. The van der Waals surface area contributed by atoms with Gasteiger partial charge in [0.2, 0.25) is 0 Å². The topological polar surface area (TPSA) is 20.2 Å². The van der Waals surface area contributed by atoms with Crippen LogP contribution in [0, 0.1) is 5.92 Å². The van der Waals surface area contributed by atoms with Gasteiger partial charge in [0.1, 0.15) is 0 Å². The minimum Gasteiger partial charge on any atom is -0.395 e. The van der Waals surface area contributed by atoms with Crippen LogP contribution < -0.4 is 0 Å². The molecular formula is C7H12O. The summed E-state index contributed by atoms with van der Waals surface area (Å²) in [4.78, 5) is 0. The van der Waals surface area contributed by atoms with Gasteiger partial charge in [-0.1, -0.05) is 18.1 Å². The molecule has 1 atom stereocenters. The highest BCUT2D eigenvalue weighted by Gasteiger charge is 2.29. The van der Waals surface area contributed by atoms with Crippen molar-refractivity contribution < 1.29 is 5.11 Å². The van der Waals surface area contributed by atoms with Crippen LogP contribution >= 0.6 is 0 Å². The molecule has 46 valence electrons. The predicted molar refractivity (Wildman–Crippen MR) is 33.6 cm³/mol. The number of aliphatic hydroxyl groups is 1. The van der Waals surface area contributed by atoms with E-state index in [1.54, 1.807) is 0 Å². The van der Waals surface area contributed by atoms with E-state index in [0.29, 0.717) is 12.5 Å². The molecule has 0 bridgehead atoms. The minimum atomic E-state index is 0.328. The SMILES string of the molecule is CCC1=C(C)[C@@H]1CO. The van der Waals surface area contributed by atoms with Crippen LogP contribution in [0.3, 0.4) is 0 Å². The van der Waals surface area contributed by atoms with Gasteiger partial charge in [-0.05, 0) is 13.3 Å². The summed E-state index contributed by atoms with van der Waals surface area (Å²) < 4.78 is 0. The summed E-state index contributed by atoms with van der Waals surface area (Å²) in [6, 6.07) is 0. The Bertz CT molecular complexity index is 124. The average Bonchev–Trinajstić information content (AvgIpc) is 2.40. The molecule has 1 N–H and O–H groups in total. The summed E-state index contributed by atoms with van der Waals surface area (Å²) >= 11 is 0. The molecule has 0 heterocycles. The first kappa shape index (κ1) is 5.83. The van der Waals surface area contributed by atoms with Crippen molar-refractivity contribution in [2.45, 2.75) is 20.3 Å². The summed E-state index contributed by atoms with van der Waals surface area (Å²) in [5.41, 5.74) is 2.88. The van der Waals surface area contributed by atoms with Crippen LogP contribution in [0.4, 0.5) is 0 Å². The third kappa shape index (κ3) is 0.671. The zero-order valence-electron chi connectivity index (χ0n) is 5.44. The van der Waals surface area contributed by atoms with Crippen LogP contribution in [0.1, 0.15) is 20.3 Å². The van der Waals surface area contributed by atoms with Crippen LogP contribution in [-0.2, 0) is 0 Å². The third-order valence-corrected chi connectivity index (χ3v) is 1.93. The van der Waals surface area contributed by atoms with Crippen LogP contribution in [-0.4, -0.2) is 11.7 Å². The van der Waals surface area contributed by atoms with E-state index in [1.165, 1.54) is 11.1 Å². The van der Waals surface area contributed by atoms with E-state index in [2.05, 4.69) is 13.8 Å². The normalized spacial score (nSPS) is 26.6. The van der Waals surface area contributed by atoms with Gasteiger partial charge >= 0.3 is 0 Å². The Morgan fingerprint density at radius 3 is 2.38 bits per heavy atom. The summed E-state index contributed by atoms with van der Waals surface area (Å²) in [5.74, 6) is 0.472. The molecule has 0 saturated carbocycles. The van der Waals surface area contributed by atoms with Gasteiger partial charge in [-0.3, -0.25) is 0 Å². The number of aliphatic hydroxyl groups excluding tert-OH is 1. The molecule has 0 unspecified atom stereocenters. The van der Waals surface area contributed by atoms with Crippen molar-refractivity contribution in [2.75, 3.05) is 6.61 Å². The van der Waals surface area contributed by atoms with E-state index in [-0.39, 0.29) is 0 Å². The second-order valence-corrected chi connectivity index (χ2v) is 2.30. The molecule has 1 aliphatic carbocycles. The van der Waals surface area contributed by atoms with Crippen molar-refractivity contribution in [1.82, 2.24) is 0 Å². The van der Waals surface area contributed by atoms with Crippen molar-refractivity contribution in [2.24, 2.45) is 5.92 Å². The lowest BCUT2D eigenvalue weighted by molar-refractivity contribution is 0.280.